The van der Waals surface area contributed by atoms with Crippen LogP contribution in [0.4, 0.5) is 0 Å². The maximum absolute atomic E-state index is 10.9. The van der Waals surface area contributed by atoms with Crippen LogP contribution in [0, 0.1) is 6.92 Å². The van der Waals surface area contributed by atoms with Crippen LogP contribution in [-0.2, 0) is 4.79 Å². The van der Waals surface area contributed by atoms with Crippen LogP contribution in [0.2, 0.25) is 0 Å². The van der Waals surface area contributed by atoms with E-state index in [-0.39, 0.29) is 6.42 Å². The van der Waals surface area contributed by atoms with Gasteiger partial charge in [-0.2, -0.15) is 0 Å². The van der Waals surface area contributed by atoms with Crippen LogP contribution in [0.15, 0.2) is 54.6 Å². The number of carboxylic acids is 1. The van der Waals surface area contributed by atoms with Crippen LogP contribution < -0.4 is 3.61 Å². The molecule has 0 amide bonds. The molecule has 0 aliphatic heterocycles. The molecule has 2 nitrogen and oxygen atoms in total. The molecule has 0 saturated carbocycles. The maximum atomic E-state index is 10.9. The van der Waals surface area contributed by atoms with Gasteiger partial charge in [-0.05, 0) is 0 Å². The monoisotopic (exact) mass is 384 g/mol. The summed E-state index contributed by atoms with van der Waals surface area (Å²) in [5, 5.41) is 8.94. The number of hydrogen-bond donors (Lipinski definition) is 1. The van der Waals surface area contributed by atoms with Crippen molar-refractivity contribution in [3.05, 3.63) is 65.7 Å². The molecule has 0 radical (unpaired) electrons. The van der Waals surface area contributed by atoms with Crippen LogP contribution in [0.3, 0.4) is 0 Å². The number of carbonyl (C=O) groups is 1. The summed E-state index contributed by atoms with van der Waals surface area (Å²) in [5.74, 6) is -0.705. The second kappa shape index (κ2) is 7.47. The Hall–Kier alpha value is -1.30. The van der Waals surface area contributed by atoms with Gasteiger partial charge in [0.25, 0.3) is 0 Å². The van der Waals surface area contributed by atoms with Gasteiger partial charge in [-0.3, -0.25) is 0 Å². The molecule has 104 valence electrons. The van der Waals surface area contributed by atoms with E-state index >= 15 is 0 Å². The predicted octanol–water partition coefficient (Wildman–Crippen LogP) is 2.93. The number of rotatable bonds is 6. The summed E-state index contributed by atoms with van der Waals surface area (Å²) in [6, 6.07) is 18.8. The molecule has 0 aliphatic carbocycles. The van der Waals surface area contributed by atoms with Gasteiger partial charge in [-0.25, -0.2) is 0 Å². The molecule has 0 saturated heterocycles. The van der Waals surface area contributed by atoms with Gasteiger partial charge < -0.3 is 0 Å². The number of benzene rings is 2. The van der Waals surface area contributed by atoms with E-state index in [0.717, 1.165) is 6.42 Å². The summed E-state index contributed by atoms with van der Waals surface area (Å²) in [4.78, 5) is 10.9. The molecular formula is C17H18O2Te. The van der Waals surface area contributed by atoms with Gasteiger partial charge in [0.05, 0.1) is 0 Å². The molecule has 0 aromatic heterocycles. The number of carboxylic acid groups (broad SMARTS) is 1. The molecule has 0 fully saturated rings. The van der Waals surface area contributed by atoms with Crippen molar-refractivity contribution >= 4 is 30.5 Å². The van der Waals surface area contributed by atoms with Crippen LogP contribution in [0.5, 0.6) is 0 Å². The average molecular weight is 382 g/mol. The Morgan fingerprint density at radius 1 is 1.10 bits per heavy atom. The number of aliphatic carboxylic acids is 1. The third kappa shape index (κ3) is 4.37. The third-order valence-corrected chi connectivity index (χ3v) is 7.45. The van der Waals surface area contributed by atoms with Crippen molar-refractivity contribution < 1.29 is 9.90 Å². The molecule has 2 aromatic carbocycles. The van der Waals surface area contributed by atoms with Crippen molar-refractivity contribution in [2.24, 2.45) is 0 Å². The normalized spacial score (nSPS) is 12.1. The summed E-state index contributed by atoms with van der Waals surface area (Å²) < 4.78 is 1.82. The van der Waals surface area contributed by atoms with Gasteiger partial charge in [0.15, 0.2) is 0 Å². The molecule has 2 aromatic rings. The molecule has 0 heterocycles. The third-order valence-electron chi connectivity index (χ3n) is 3.15. The van der Waals surface area contributed by atoms with Crippen molar-refractivity contribution in [3.8, 4) is 0 Å². The van der Waals surface area contributed by atoms with Crippen molar-refractivity contribution in [2.75, 3.05) is 0 Å². The first-order chi connectivity index (χ1) is 9.66. The second-order valence-corrected chi connectivity index (χ2v) is 8.27. The molecule has 0 bridgehead atoms. The number of hydrogen-bond acceptors (Lipinski definition) is 1. The molecule has 0 spiro atoms. The molecule has 1 unspecified atom stereocenters. The Morgan fingerprint density at radius 2 is 1.75 bits per heavy atom. The Balaban J connectivity index is 2.18. The van der Waals surface area contributed by atoms with E-state index in [0.29, 0.717) is 3.97 Å². The van der Waals surface area contributed by atoms with Crippen LogP contribution in [-0.4, -0.2) is 32.0 Å². The minimum absolute atomic E-state index is 0.246. The Labute approximate surface area is 129 Å². The molecule has 1 N–H and O–H groups in total. The quantitative estimate of drug-likeness (QED) is 0.781. The van der Waals surface area contributed by atoms with Gasteiger partial charge in [-0.15, -0.1) is 0 Å². The fourth-order valence-electron chi connectivity index (χ4n) is 2.06. The molecule has 0 aliphatic rings. The SMILES string of the molecule is Cc1ccccc1[Te]C(CCC(=O)O)c1ccccc1. The minimum atomic E-state index is -0.705. The summed E-state index contributed by atoms with van der Waals surface area (Å²) in [5.41, 5.74) is 2.60. The van der Waals surface area contributed by atoms with Gasteiger partial charge in [0.1, 0.15) is 0 Å². The predicted molar refractivity (Wildman–Crippen MR) is 82.6 cm³/mol. The summed E-state index contributed by atoms with van der Waals surface area (Å²) in [6.45, 7) is 2.14. The number of aryl methyl sites for hydroxylation is 1. The van der Waals surface area contributed by atoms with Crippen LogP contribution >= 0.6 is 0 Å². The zero-order chi connectivity index (χ0) is 14.4. The fourth-order valence-corrected chi connectivity index (χ4v) is 5.62. The van der Waals surface area contributed by atoms with Crippen molar-refractivity contribution in [1.82, 2.24) is 0 Å². The van der Waals surface area contributed by atoms with Crippen LogP contribution in [0.1, 0.15) is 27.9 Å². The van der Waals surface area contributed by atoms with Gasteiger partial charge in [-0.1, -0.05) is 0 Å². The van der Waals surface area contributed by atoms with Gasteiger partial charge in [0.2, 0.25) is 0 Å². The van der Waals surface area contributed by atoms with Crippen LogP contribution in [0.25, 0.3) is 0 Å². The van der Waals surface area contributed by atoms with E-state index < -0.39 is 26.9 Å². The van der Waals surface area contributed by atoms with Gasteiger partial charge in [0, 0.05) is 0 Å². The van der Waals surface area contributed by atoms with Crippen molar-refractivity contribution in [1.29, 1.82) is 0 Å². The van der Waals surface area contributed by atoms with E-state index in [9.17, 15) is 4.79 Å². The van der Waals surface area contributed by atoms with Crippen molar-refractivity contribution in [2.45, 2.75) is 23.7 Å². The first kappa shape index (κ1) is 15.1. The zero-order valence-corrected chi connectivity index (χ0v) is 13.8. The Morgan fingerprint density at radius 3 is 2.40 bits per heavy atom. The molecule has 20 heavy (non-hydrogen) atoms. The van der Waals surface area contributed by atoms with Gasteiger partial charge >= 0.3 is 130 Å². The summed E-state index contributed by atoms with van der Waals surface area (Å²) >= 11 is -0.440. The fraction of sp³-hybridized carbons (Fsp3) is 0.235. The molecule has 2 rings (SSSR count). The van der Waals surface area contributed by atoms with E-state index in [4.69, 9.17) is 5.11 Å². The summed E-state index contributed by atoms with van der Waals surface area (Å²) in [6.07, 6.45) is 0.978. The van der Waals surface area contributed by atoms with E-state index in [1.54, 1.807) is 0 Å². The molecular weight excluding hydrogens is 364 g/mol. The molecule has 1 atom stereocenters. The topological polar surface area (TPSA) is 37.3 Å². The Bertz CT molecular complexity index is 566. The Kier molecular flexibility index (Phi) is 5.64. The van der Waals surface area contributed by atoms with E-state index in [1.807, 2.05) is 18.2 Å². The first-order valence-electron chi connectivity index (χ1n) is 6.66. The van der Waals surface area contributed by atoms with Crippen molar-refractivity contribution in [3.63, 3.8) is 0 Å². The first-order valence-corrected chi connectivity index (χ1v) is 9.17. The van der Waals surface area contributed by atoms with E-state index in [1.165, 1.54) is 14.7 Å². The average Bonchev–Trinajstić information content (AvgIpc) is 2.46. The standard InChI is InChI=1S/C17H18O2Te/c1-13-7-5-6-10-15(13)20-16(11-12-17(18)19)14-8-3-2-4-9-14/h2-10,16H,11-12H2,1H3,(H,18,19). The zero-order valence-electron chi connectivity index (χ0n) is 11.5. The molecule has 3 heteroatoms. The van der Waals surface area contributed by atoms with E-state index in [2.05, 4.69) is 43.3 Å². The summed E-state index contributed by atoms with van der Waals surface area (Å²) in [7, 11) is 0. The second-order valence-electron chi connectivity index (χ2n) is 4.72.